The molecule has 6 heteroatoms. The lowest BCUT2D eigenvalue weighted by Gasteiger charge is -2.35. The number of amides is 1. The van der Waals surface area contributed by atoms with Crippen LogP contribution in [-0.2, 0) is 6.42 Å². The van der Waals surface area contributed by atoms with Crippen molar-refractivity contribution < 1.29 is 14.3 Å². The molecule has 4 aromatic rings. The van der Waals surface area contributed by atoms with Crippen molar-refractivity contribution in [2.24, 2.45) is 0 Å². The van der Waals surface area contributed by atoms with Crippen molar-refractivity contribution in [3.63, 3.8) is 0 Å². The molecule has 0 saturated heterocycles. The van der Waals surface area contributed by atoms with E-state index in [1.807, 2.05) is 29.2 Å². The second-order valence-corrected chi connectivity index (χ2v) is 9.05. The molecule has 0 bridgehead atoms. The van der Waals surface area contributed by atoms with Gasteiger partial charge in [-0.05, 0) is 67.8 Å². The maximum absolute atomic E-state index is 13.5. The van der Waals surface area contributed by atoms with Gasteiger partial charge in [-0.3, -0.25) is 4.79 Å². The lowest BCUT2D eigenvalue weighted by Crippen LogP contribution is -2.38. The molecule has 0 spiro atoms. The maximum Gasteiger partial charge on any atom is 0.264 e. The van der Waals surface area contributed by atoms with Crippen molar-refractivity contribution in [2.45, 2.75) is 26.3 Å². The molecule has 5 rings (SSSR count). The number of methoxy groups -OCH3 is 2. The molecule has 1 amide bonds. The number of aromatic nitrogens is 1. The fourth-order valence-electron chi connectivity index (χ4n) is 4.42. The Kier molecular flexibility index (Phi) is 4.82. The van der Waals surface area contributed by atoms with E-state index in [9.17, 15) is 4.79 Å². The first-order valence-corrected chi connectivity index (χ1v) is 11.2. The Balaban J connectivity index is 1.50. The van der Waals surface area contributed by atoms with Gasteiger partial charge in [0.1, 0.15) is 4.83 Å². The van der Waals surface area contributed by atoms with E-state index in [0.717, 1.165) is 43.7 Å². The molecule has 3 heterocycles. The van der Waals surface area contributed by atoms with Crippen LogP contribution in [0.1, 0.15) is 39.3 Å². The van der Waals surface area contributed by atoms with Crippen LogP contribution < -0.4 is 9.47 Å². The normalized spacial score (nSPS) is 15.9. The van der Waals surface area contributed by atoms with E-state index in [1.54, 1.807) is 14.2 Å². The zero-order chi connectivity index (χ0) is 21.7. The summed E-state index contributed by atoms with van der Waals surface area (Å²) in [6.07, 6.45) is 0.790. The molecular weight excluding hydrogens is 408 g/mol. The van der Waals surface area contributed by atoms with Gasteiger partial charge in [0, 0.05) is 17.3 Å². The summed E-state index contributed by atoms with van der Waals surface area (Å²) in [6, 6.07) is 14.3. The monoisotopic (exact) mass is 432 g/mol. The van der Waals surface area contributed by atoms with Crippen LogP contribution in [-0.4, -0.2) is 36.6 Å². The van der Waals surface area contributed by atoms with Crippen molar-refractivity contribution in [1.82, 2.24) is 9.88 Å². The third kappa shape index (κ3) is 3.31. The third-order valence-electron chi connectivity index (χ3n) is 6.11. The van der Waals surface area contributed by atoms with Crippen LogP contribution in [0.5, 0.6) is 11.5 Å². The highest BCUT2D eigenvalue weighted by molar-refractivity contribution is 7.20. The lowest BCUT2D eigenvalue weighted by atomic mass is 9.92. The molecule has 2 aromatic heterocycles. The van der Waals surface area contributed by atoms with Crippen molar-refractivity contribution >= 4 is 38.4 Å². The Bertz CT molecular complexity index is 1330. The minimum absolute atomic E-state index is 0.0454. The van der Waals surface area contributed by atoms with E-state index in [-0.39, 0.29) is 11.9 Å². The molecular formula is C25H24N2O3S. The Morgan fingerprint density at radius 3 is 2.61 bits per heavy atom. The summed E-state index contributed by atoms with van der Waals surface area (Å²) in [5.41, 5.74) is 4.47. The molecule has 5 nitrogen and oxygen atoms in total. The predicted molar refractivity (Wildman–Crippen MR) is 125 cm³/mol. The topological polar surface area (TPSA) is 51.7 Å². The molecule has 1 aliphatic rings. The zero-order valence-corrected chi connectivity index (χ0v) is 18.9. The standard InChI is InChI=1S/C25H24N2O3S/c1-14-5-6-20-17(9-14)10-18-12-23(31-24(18)26-20)25(28)27-8-7-16-11-21(29-3)22(30-4)13-19(16)15(27)2/h5-6,9-13,15H,7-8H2,1-4H3. The number of pyridine rings is 1. The minimum Gasteiger partial charge on any atom is -0.493 e. The van der Waals surface area contributed by atoms with Gasteiger partial charge in [-0.1, -0.05) is 11.6 Å². The molecule has 2 aromatic carbocycles. The van der Waals surface area contributed by atoms with Crippen LogP contribution in [0.4, 0.5) is 0 Å². The van der Waals surface area contributed by atoms with Crippen LogP contribution in [0, 0.1) is 6.92 Å². The summed E-state index contributed by atoms with van der Waals surface area (Å²) in [4.78, 5) is 21.8. The van der Waals surface area contributed by atoms with Crippen LogP contribution in [0.25, 0.3) is 21.1 Å². The van der Waals surface area contributed by atoms with Gasteiger partial charge < -0.3 is 14.4 Å². The SMILES string of the molecule is COc1cc2c(cc1OC)C(C)N(C(=O)c1cc3cc4cc(C)ccc4nc3s1)CC2. The number of carbonyl (C=O) groups is 1. The third-order valence-corrected chi connectivity index (χ3v) is 7.15. The summed E-state index contributed by atoms with van der Waals surface area (Å²) >= 11 is 1.47. The molecule has 0 aliphatic carbocycles. The second-order valence-electron chi connectivity index (χ2n) is 8.02. The minimum atomic E-state index is -0.0454. The first-order chi connectivity index (χ1) is 15.0. The van der Waals surface area contributed by atoms with E-state index in [1.165, 1.54) is 22.5 Å². The highest BCUT2D eigenvalue weighted by atomic mass is 32.1. The molecule has 0 radical (unpaired) electrons. The molecule has 0 N–H and O–H groups in total. The van der Waals surface area contributed by atoms with E-state index in [4.69, 9.17) is 14.5 Å². The quantitative estimate of drug-likeness (QED) is 0.427. The van der Waals surface area contributed by atoms with Gasteiger partial charge in [0.25, 0.3) is 5.91 Å². The average molecular weight is 433 g/mol. The number of benzene rings is 2. The number of hydrogen-bond donors (Lipinski definition) is 0. The van der Waals surface area contributed by atoms with Crippen LogP contribution >= 0.6 is 11.3 Å². The Morgan fingerprint density at radius 2 is 1.84 bits per heavy atom. The first-order valence-electron chi connectivity index (χ1n) is 10.3. The number of ether oxygens (including phenoxy) is 2. The number of carbonyl (C=O) groups excluding carboxylic acids is 1. The predicted octanol–water partition coefficient (Wildman–Crippen LogP) is 5.53. The van der Waals surface area contributed by atoms with Gasteiger partial charge >= 0.3 is 0 Å². The number of thiophene rings is 1. The Labute approximate surface area is 185 Å². The molecule has 158 valence electrons. The van der Waals surface area contributed by atoms with Crippen LogP contribution in [0.2, 0.25) is 0 Å². The molecule has 31 heavy (non-hydrogen) atoms. The van der Waals surface area contributed by atoms with Gasteiger partial charge in [0.15, 0.2) is 11.5 Å². The number of fused-ring (bicyclic) bond motifs is 3. The van der Waals surface area contributed by atoms with Gasteiger partial charge in [-0.2, -0.15) is 0 Å². The maximum atomic E-state index is 13.5. The fourth-order valence-corrected chi connectivity index (χ4v) is 5.40. The molecule has 0 fully saturated rings. The number of aryl methyl sites for hydroxylation is 1. The van der Waals surface area contributed by atoms with Gasteiger partial charge in [-0.25, -0.2) is 4.98 Å². The smallest absolute Gasteiger partial charge is 0.264 e. The summed E-state index contributed by atoms with van der Waals surface area (Å²) in [6.45, 7) is 4.82. The zero-order valence-electron chi connectivity index (χ0n) is 18.1. The summed E-state index contributed by atoms with van der Waals surface area (Å²) in [5.74, 6) is 1.47. The van der Waals surface area contributed by atoms with Crippen molar-refractivity contribution in [3.8, 4) is 11.5 Å². The van der Waals surface area contributed by atoms with Gasteiger partial charge in [0.2, 0.25) is 0 Å². The summed E-state index contributed by atoms with van der Waals surface area (Å²) in [5, 5.41) is 2.12. The van der Waals surface area contributed by atoms with E-state index in [0.29, 0.717) is 12.3 Å². The number of rotatable bonds is 3. The summed E-state index contributed by atoms with van der Waals surface area (Å²) in [7, 11) is 3.28. The van der Waals surface area contributed by atoms with Gasteiger partial charge in [-0.15, -0.1) is 11.3 Å². The lowest BCUT2D eigenvalue weighted by molar-refractivity contribution is 0.0682. The molecule has 1 aliphatic heterocycles. The number of hydrogen-bond acceptors (Lipinski definition) is 5. The summed E-state index contributed by atoms with van der Waals surface area (Å²) < 4.78 is 10.9. The molecule has 0 saturated carbocycles. The fraction of sp³-hybridized carbons (Fsp3) is 0.280. The highest BCUT2D eigenvalue weighted by Gasteiger charge is 2.30. The molecule has 1 atom stereocenters. The average Bonchev–Trinajstić information content (AvgIpc) is 3.19. The Morgan fingerprint density at radius 1 is 1.06 bits per heavy atom. The van der Waals surface area contributed by atoms with Crippen molar-refractivity contribution in [3.05, 3.63) is 64.0 Å². The van der Waals surface area contributed by atoms with E-state index >= 15 is 0 Å². The van der Waals surface area contributed by atoms with Crippen LogP contribution in [0.15, 0.2) is 42.5 Å². The Hall–Kier alpha value is -3.12. The molecule has 1 unspecified atom stereocenters. The highest BCUT2D eigenvalue weighted by Crippen LogP contribution is 2.39. The van der Waals surface area contributed by atoms with Crippen molar-refractivity contribution in [1.29, 1.82) is 0 Å². The number of nitrogens with zero attached hydrogens (tertiary/aromatic N) is 2. The second kappa shape index (κ2) is 7.54. The van der Waals surface area contributed by atoms with E-state index in [2.05, 4.69) is 32.0 Å². The van der Waals surface area contributed by atoms with Gasteiger partial charge in [0.05, 0.1) is 30.7 Å². The van der Waals surface area contributed by atoms with Crippen molar-refractivity contribution in [2.75, 3.05) is 20.8 Å². The van der Waals surface area contributed by atoms with Crippen LogP contribution in [0.3, 0.4) is 0 Å². The first kappa shape index (κ1) is 19.8. The largest absolute Gasteiger partial charge is 0.493 e. The van der Waals surface area contributed by atoms with E-state index < -0.39 is 0 Å².